The topological polar surface area (TPSA) is 33.2 Å². The van der Waals surface area contributed by atoms with Crippen LogP contribution in [0.25, 0.3) is 5.57 Å². The summed E-state index contributed by atoms with van der Waals surface area (Å²) in [6, 6.07) is 3.54. The van der Waals surface area contributed by atoms with Gasteiger partial charge < -0.3 is 4.90 Å². The molecule has 0 aromatic carbocycles. The molecular formula is C15H14F6N2O. The van der Waals surface area contributed by atoms with Crippen molar-refractivity contribution in [3.63, 3.8) is 0 Å². The van der Waals surface area contributed by atoms with Crippen molar-refractivity contribution in [2.24, 2.45) is 0 Å². The summed E-state index contributed by atoms with van der Waals surface area (Å²) >= 11 is 0. The zero-order chi connectivity index (χ0) is 18.0. The van der Waals surface area contributed by atoms with Gasteiger partial charge in [-0.1, -0.05) is 12.1 Å². The van der Waals surface area contributed by atoms with Crippen molar-refractivity contribution in [3.8, 4) is 0 Å². The number of rotatable bonds is 3. The zero-order valence-corrected chi connectivity index (χ0v) is 12.4. The molecule has 0 N–H and O–H groups in total. The van der Waals surface area contributed by atoms with Crippen LogP contribution >= 0.6 is 0 Å². The van der Waals surface area contributed by atoms with Gasteiger partial charge in [-0.05, 0) is 24.1 Å². The third-order valence-corrected chi connectivity index (χ3v) is 3.55. The van der Waals surface area contributed by atoms with E-state index >= 15 is 0 Å². The van der Waals surface area contributed by atoms with E-state index in [1.54, 1.807) is 0 Å². The monoisotopic (exact) mass is 352 g/mol. The van der Waals surface area contributed by atoms with E-state index in [2.05, 4.69) is 4.98 Å². The fourth-order valence-corrected chi connectivity index (χ4v) is 2.31. The minimum Gasteiger partial charge on any atom is -0.339 e. The second-order valence-corrected chi connectivity index (χ2v) is 5.34. The van der Waals surface area contributed by atoms with Gasteiger partial charge in [0.15, 0.2) is 0 Å². The molecule has 1 aliphatic rings. The summed E-state index contributed by atoms with van der Waals surface area (Å²) < 4.78 is 74.3. The molecule has 132 valence electrons. The predicted molar refractivity (Wildman–Crippen MR) is 73.7 cm³/mol. The van der Waals surface area contributed by atoms with Gasteiger partial charge in [-0.3, -0.25) is 4.79 Å². The molecule has 2 rings (SSSR count). The van der Waals surface area contributed by atoms with E-state index in [-0.39, 0.29) is 25.2 Å². The molecule has 0 atom stereocenters. The highest BCUT2D eigenvalue weighted by atomic mass is 19.4. The summed E-state index contributed by atoms with van der Waals surface area (Å²) in [5, 5.41) is 0. The first-order chi connectivity index (χ1) is 11.1. The van der Waals surface area contributed by atoms with Gasteiger partial charge in [-0.15, -0.1) is 0 Å². The van der Waals surface area contributed by atoms with Gasteiger partial charge in [-0.2, -0.15) is 26.3 Å². The third kappa shape index (κ3) is 4.97. The molecule has 1 aromatic rings. The van der Waals surface area contributed by atoms with Crippen molar-refractivity contribution in [1.82, 2.24) is 9.88 Å². The standard InChI is InChI=1S/C15H14F6N2O/c16-14(17,18)7-4-13(24)23-8-5-10(6-9-23)11-2-1-3-12(22-11)15(19,20)21/h1-3,5H,4,6-9H2. The van der Waals surface area contributed by atoms with Gasteiger partial charge in [0.2, 0.25) is 5.91 Å². The Morgan fingerprint density at radius 2 is 1.88 bits per heavy atom. The quantitative estimate of drug-likeness (QED) is 0.769. The number of alkyl halides is 6. The molecule has 3 nitrogen and oxygen atoms in total. The lowest BCUT2D eigenvalue weighted by molar-refractivity contribution is -0.148. The van der Waals surface area contributed by atoms with E-state index in [0.717, 1.165) is 6.07 Å². The van der Waals surface area contributed by atoms with Crippen LogP contribution < -0.4 is 0 Å². The molecular weight excluding hydrogens is 338 g/mol. The Bertz CT molecular complexity index is 636. The first-order valence-electron chi connectivity index (χ1n) is 7.14. The van der Waals surface area contributed by atoms with Crippen LogP contribution in [0, 0.1) is 0 Å². The van der Waals surface area contributed by atoms with Gasteiger partial charge in [0.05, 0.1) is 12.1 Å². The lowest BCUT2D eigenvalue weighted by Gasteiger charge is -2.26. The fraction of sp³-hybridized carbons (Fsp3) is 0.467. The van der Waals surface area contributed by atoms with Crippen LogP contribution in [0.4, 0.5) is 26.3 Å². The smallest absolute Gasteiger partial charge is 0.339 e. The van der Waals surface area contributed by atoms with E-state index in [0.29, 0.717) is 5.57 Å². The first-order valence-corrected chi connectivity index (χ1v) is 7.14. The van der Waals surface area contributed by atoms with E-state index in [9.17, 15) is 31.1 Å². The molecule has 0 fully saturated rings. The van der Waals surface area contributed by atoms with Crippen molar-refractivity contribution in [2.75, 3.05) is 13.1 Å². The maximum atomic E-state index is 12.7. The van der Waals surface area contributed by atoms with E-state index in [1.165, 1.54) is 23.1 Å². The molecule has 0 unspecified atom stereocenters. The van der Waals surface area contributed by atoms with Gasteiger partial charge in [-0.25, -0.2) is 4.98 Å². The van der Waals surface area contributed by atoms with Crippen LogP contribution in [0.2, 0.25) is 0 Å². The summed E-state index contributed by atoms with van der Waals surface area (Å²) in [6.45, 7) is 0.213. The number of aromatic nitrogens is 1. The van der Waals surface area contributed by atoms with Gasteiger partial charge in [0, 0.05) is 19.5 Å². The Labute approximate surface area is 134 Å². The van der Waals surface area contributed by atoms with Crippen molar-refractivity contribution in [3.05, 3.63) is 35.7 Å². The van der Waals surface area contributed by atoms with Crippen LogP contribution in [0.3, 0.4) is 0 Å². The number of carbonyl (C=O) groups excluding carboxylic acids is 1. The normalized spacial score (nSPS) is 16.1. The second kappa shape index (κ2) is 6.82. The van der Waals surface area contributed by atoms with Crippen LogP contribution in [0.15, 0.2) is 24.3 Å². The Kier molecular flexibility index (Phi) is 5.19. The number of hydrogen-bond donors (Lipinski definition) is 0. The first kappa shape index (κ1) is 18.3. The van der Waals surface area contributed by atoms with Crippen molar-refractivity contribution < 1.29 is 31.1 Å². The highest BCUT2D eigenvalue weighted by molar-refractivity contribution is 5.78. The fourth-order valence-electron chi connectivity index (χ4n) is 2.31. The maximum Gasteiger partial charge on any atom is 0.433 e. The Morgan fingerprint density at radius 1 is 1.17 bits per heavy atom. The molecule has 0 saturated heterocycles. The lowest BCUT2D eigenvalue weighted by Crippen LogP contribution is -2.35. The van der Waals surface area contributed by atoms with Crippen molar-refractivity contribution in [1.29, 1.82) is 0 Å². The van der Waals surface area contributed by atoms with E-state index < -0.39 is 36.8 Å². The Hall–Kier alpha value is -2.06. The Morgan fingerprint density at radius 3 is 2.42 bits per heavy atom. The zero-order valence-electron chi connectivity index (χ0n) is 12.4. The van der Waals surface area contributed by atoms with E-state index in [4.69, 9.17) is 0 Å². The number of hydrogen-bond acceptors (Lipinski definition) is 2. The molecule has 1 aliphatic heterocycles. The van der Waals surface area contributed by atoms with Gasteiger partial charge in [0.1, 0.15) is 5.69 Å². The minimum absolute atomic E-state index is 0.0595. The molecule has 1 amide bonds. The number of pyridine rings is 1. The summed E-state index contributed by atoms with van der Waals surface area (Å²) in [4.78, 5) is 16.5. The van der Waals surface area contributed by atoms with Crippen LogP contribution in [0.5, 0.6) is 0 Å². The minimum atomic E-state index is -4.55. The second-order valence-electron chi connectivity index (χ2n) is 5.34. The van der Waals surface area contributed by atoms with Gasteiger partial charge in [0.25, 0.3) is 0 Å². The predicted octanol–water partition coefficient (Wildman–Crippen LogP) is 4.06. The molecule has 2 heterocycles. The highest BCUT2D eigenvalue weighted by Crippen LogP contribution is 2.30. The largest absolute Gasteiger partial charge is 0.433 e. The van der Waals surface area contributed by atoms with E-state index in [1.807, 2.05) is 0 Å². The summed E-state index contributed by atoms with van der Waals surface area (Å²) in [6.07, 6.45) is -8.99. The lowest BCUT2D eigenvalue weighted by atomic mass is 10.0. The summed E-state index contributed by atoms with van der Waals surface area (Å²) in [5.41, 5.74) is -0.308. The Balaban J connectivity index is 2.02. The average Bonchev–Trinajstić information content (AvgIpc) is 2.51. The molecule has 0 bridgehead atoms. The highest BCUT2D eigenvalue weighted by Gasteiger charge is 2.33. The van der Waals surface area contributed by atoms with Crippen LogP contribution in [0.1, 0.15) is 30.7 Å². The molecule has 24 heavy (non-hydrogen) atoms. The molecule has 0 aliphatic carbocycles. The molecule has 9 heteroatoms. The maximum absolute atomic E-state index is 12.7. The molecule has 0 saturated carbocycles. The number of amides is 1. The summed E-state index contributed by atoms with van der Waals surface area (Å²) in [7, 11) is 0. The van der Waals surface area contributed by atoms with Crippen LogP contribution in [-0.2, 0) is 11.0 Å². The van der Waals surface area contributed by atoms with Crippen LogP contribution in [-0.4, -0.2) is 35.1 Å². The SMILES string of the molecule is O=C(CCC(F)(F)F)N1CC=C(c2cccc(C(F)(F)F)n2)CC1. The third-order valence-electron chi connectivity index (χ3n) is 3.55. The number of nitrogens with zero attached hydrogens (tertiary/aromatic N) is 2. The van der Waals surface area contributed by atoms with Gasteiger partial charge >= 0.3 is 12.4 Å². The molecule has 1 aromatic heterocycles. The van der Waals surface area contributed by atoms with Crippen molar-refractivity contribution in [2.45, 2.75) is 31.6 Å². The molecule has 0 radical (unpaired) electrons. The van der Waals surface area contributed by atoms with Crippen molar-refractivity contribution >= 4 is 11.5 Å². The number of carbonyl (C=O) groups is 1. The average molecular weight is 352 g/mol. The summed E-state index contributed by atoms with van der Waals surface area (Å²) in [5.74, 6) is -0.625. The molecule has 0 spiro atoms. The number of halogens is 6.